The zero-order valence-corrected chi connectivity index (χ0v) is 7.70. The number of hydrogen-bond donors (Lipinski definition) is 1. The lowest BCUT2D eigenvalue weighted by atomic mass is 10.4. The molecule has 1 aromatic rings. The number of rotatable bonds is 3. The van der Waals surface area contributed by atoms with E-state index in [1.54, 1.807) is 0 Å². The maximum absolute atomic E-state index is 9.32. The van der Waals surface area contributed by atoms with Gasteiger partial charge in [-0.2, -0.15) is 4.98 Å². The minimum atomic E-state index is -0.0832. The van der Waals surface area contributed by atoms with Gasteiger partial charge in [-0.3, -0.25) is 0 Å². The van der Waals surface area contributed by atoms with Gasteiger partial charge in [0.1, 0.15) is 0 Å². The molecule has 0 aliphatic rings. The van der Waals surface area contributed by atoms with Crippen LogP contribution in [0.15, 0.2) is 6.07 Å². The Morgan fingerprint density at radius 2 is 1.69 bits per heavy atom. The third kappa shape index (κ3) is 1.74. The highest BCUT2D eigenvalue weighted by Crippen LogP contribution is 2.34. The van der Waals surface area contributed by atoms with Gasteiger partial charge >= 0.3 is 0 Å². The summed E-state index contributed by atoms with van der Waals surface area (Å²) in [5, 5.41) is 9.32. The van der Waals surface area contributed by atoms with Crippen molar-refractivity contribution in [2.24, 2.45) is 0 Å². The Balaban J connectivity index is 3.18. The van der Waals surface area contributed by atoms with Gasteiger partial charge in [0, 0.05) is 6.07 Å². The van der Waals surface area contributed by atoms with Gasteiger partial charge in [0.25, 0.3) is 11.8 Å². The molecule has 1 rings (SSSR count). The number of pyridine rings is 1. The molecular weight excluding hydrogens is 174 g/mol. The lowest BCUT2D eigenvalue weighted by Crippen LogP contribution is -1.96. The molecule has 5 heteroatoms. The summed E-state index contributed by atoms with van der Waals surface area (Å²) in [4.78, 5) is 3.86. The minimum Gasteiger partial charge on any atom is -0.503 e. The molecule has 5 nitrogen and oxygen atoms in total. The van der Waals surface area contributed by atoms with E-state index in [2.05, 4.69) is 4.98 Å². The molecule has 0 saturated heterocycles. The lowest BCUT2D eigenvalue weighted by molar-refractivity contribution is 0.314. The molecule has 0 radical (unpaired) electrons. The van der Waals surface area contributed by atoms with Crippen molar-refractivity contribution in [3.63, 3.8) is 0 Å². The van der Waals surface area contributed by atoms with Crippen LogP contribution < -0.4 is 14.2 Å². The highest BCUT2D eigenvalue weighted by atomic mass is 16.5. The topological polar surface area (TPSA) is 60.8 Å². The van der Waals surface area contributed by atoms with Crippen LogP contribution >= 0.6 is 0 Å². The van der Waals surface area contributed by atoms with Crippen molar-refractivity contribution in [2.75, 3.05) is 21.3 Å². The first-order valence-electron chi connectivity index (χ1n) is 3.59. The van der Waals surface area contributed by atoms with Crippen molar-refractivity contribution in [3.05, 3.63) is 6.07 Å². The first-order valence-corrected chi connectivity index (χ1v) is 3.59. The Morgan fingerprint density at radius 1 is 1.08 bits per heavy atom. The summed E-state index contributed by atoms with van der Waals surface area (Å²) in [5.41, 5.74) is 0. The van der Waals surface area contributed by atoms with Gasteiger partial charge in [0.2, 0.25) is 0 Å². The first-order chi connectivity index (χ1) is 6.22. The van der Waals surface area contributed by atoms with Crippen LogP contribution in [0.3, 0.4) is 0 Å². The summed E-state index contributed by atoms with van der Waals surface area (Å²) in [7, 11) is 4.33. The Hall–Kier alpha value is -1.65. The fourth-order valence-corrected chi connectivity index (χ4v) is 0.895. The van der Waals surface area contributed by atoms with E-state index in [1.165, 1.54) is 27.4 Å². The zero-order chi connectivity index (χ0) is 9.84. The highest BCUT2D eigenvalue weighted by Gasteiger charge is 2.11. The van der Waals surface area contributed by atoms with Gasteiger partial charge in [-0.1, -0.05) is 0 Å². The predicted octanol–water partition coefficient (Wildman–Crippen LogP) is 0.813. The number of aromatic nitrogens is 1. The minimum absolute atomic E-state index is 0.0832. The van der Waals surface area contributed by atoms with Crippen molar-refractivity contribution in [1.82, 2.24) is 4.98 Å². The first kappa shape index (κ1) is 9.44. The summed E-state index contributed by atoms with van der Waals surface area (Å²) < 4.78 is 14.6. The van der Waals surface area contributed by atoms with Crippen molar-refractivity contribution in [3.8, 4) is 23.3 Å². The van der Waals surface area contributed by atoms with Crippen molar-refractivity contribution in [1.29, 1.82) is 0 Å². The van der Waals surface area contributed by atoms with Crippen molar-refractivity contribution >= 4 is 0 Å². The Kier molecular flexibility index (Phi) is 2.79. The summed E-state index contributed by atoms with van der Waals surface area (Å²) in [6.45, 7) is 0. The largest absolute Gasteiger partial charge is 0.503 e. The highest BCUT2D eigenvalue weighted by molar-refractivity contribution is 5.45. The fraction of sp³-hybridized carbons (Fsp3) is 0.375. The van der Waals surface area contributed by atoms with Gasteiger partial charge in [-0.25, -0.2) is 0 Å². The maximum atomic E-state index is 9.32. The molecule has 72 valence electrons. The maximum Gasteiger partial charge on any atom is 0.260 e. The number of aromatic hydroxyl groups is 1. The molecule has 0 atom stereocenters. The van der Waals surface area contributed by atoms with E-state index in [-0.39, 0.29) is 17.5 Å². The number of hydrogen-bond acceptors (Lipinski definition) is 5. The molecule has 0 bridgehead atoms. The van der Waals surface area contributed by atoms with Crippen LogP contribution in [0.5, 0.6) is 23.3 Å². The zero-order valence-electron chi connectivity index (χ0n) is 7.70. The van der Waals surface area contributed by atoms with E-state index < -0.39 is 0 Å². The smallest absolute Gasteiger partial charge is 0.260 e. The normalized spacial score (nSPS) is 9.46. The number of ether oxygens (including phenoxy) is 3. The molecular formula is C8H11NO4. The van der Waals surface area contributed by atoms with Crippen molar-refractivity contribution in [2.45, 2.75) is 0 Å². The molecule has 0 amide bonds. The standard InChI is InChI=1S/C8H11NO4/c1-11-6-4-5(10)7(12-2)9-8(6)13-3/h4,10H,1-3H3. The number of nitrogens with zero attached hydrogens (tertiary/aromatic N) is 1. The van der Waals surface area contributed by atoms with E-state index in [9.17, 15) is 5.11 Å². The van der Waals surface area contributed by atoms with Gasteiger partial charge in [0.15, 0.2) is 11.5 Å². The van der Waals surface area contributed by atoms with Crippen LogP contribution in [0.25, 0.3) is 0 Å². The molecule has 1 N–H and O–H groups in total. The lowest BCUT2D eigenvalue weighted by Gasteiger charge is -2.08. The molecule has 1 heterocycles. The molecule has 0 unspecified atom stereocenters. The van der Waals surface area contributed by atoms with Crippen LogP contribution in [0.4, 0.5) is 0 Å². The fourth-order valence-electron chi connectivity index (χ4n) is 0.895. The Labute approximate surface area is 75.9 Å². The summed E-state index contributed by atoms with van der Waals surface area (Å²) in [5.74, 6) is 0.663. The van der Waals surface area contributed by atoms with Gasteiger partial charge < -0.3 is 19.3 Å². The van der Waals surface area contributed by atoms with Gasteiger partial charge in [0.05, 0.1) is 21.3 Å². The molecule has 0 saturated carbocycles. The third-order valence-electron chi connectivity index (χ3n) is 1.51. The molecule has 0 aliphatic heterocycles. The summed E-state index contributed by atoms with van der Waals surface area (Å²) >= 11 is 0. The average molecular weight is 185 g/mol. The second-order valence-corrected chi connectivity index (χ2v) is 2.23. The monoisotopic (exact) mass is 185 g/mol. The summed E-state index contributed by atoms with van der Waals surface area (Å²) in [6, 6.07) is 1.38. The van der Waals surface area contributed by atoms with E-state index in [1.807, 2.05) is 0 Å². The summed E-state index contributed by atoms with van der Waals surface area (Å²) in [6.07, 6.45) is 0. The molecule has 0 aliphatic carbocycles. The molecule has 0 fully saturated rings. The SMILES string of the molecule is COc1cc(O)c(OC)nc1OC. The van der Waals surface area contributed by atoms with E-state index >= 15 is 0 Å². The van der Waals surface area contributed by atoms with Gasteiger partial charge in [-0.15, -0.1) is 0 Å². The molecule has 0 aromatic carbocycles. The van der Waals surface area contributed by atoms with Crippen LogP contribution in [-0.2, 0) is 0 Å². The second kappa shape index (κ2) is 3.84. The van der Waals surface area contributed by atoms with Crippen LogP contribution in [0.2, 0.25) is 0 Å². The van der Waals surface area contributed by atoms with Crippen molar-refractivity contribution < 1.29 is 19.3 Å². The Bertz CT molecular complexity index is 300. The predicted molar refractivity (Wildman–Crippen MR) is 45.6 cm³/mol. The number of methoxy groups -OCH3 is 3. The third-order valence-corrected chi connectivity index (χ3v) is 1.51. The second-order valence-electron chi connectivity index (χ2n) is 2.23. The van der Waals surface area contributed by atoms with Crippen LogP contribution in [0, 0.1) is 0 Å². The molecule has 0 spiro atoms. The van der Waals surface area contributed by atoms with E-state index in [0.717, 1.165) is 0 Å². The molecule has 1 aromatic heterocycles. The van der Waals surface area contributed by atoms with Crippen LogP contribution in [-0.4, -0.2) is 31.4 Å². The quantitative estimate of drug-likeness (QED) is 0.755. The van der Waals surface area contributed by atoms with E-state index in [0.29, 0.717) is 5.75 Å². The molecule has 13 heavy (non-hydrogen) atoms. The Morgan fingerprint density at radius 3 is 2.15 bits per heavy atom. The van der Waals surface area contributed by atoms with E-state index in [4.69, 9.17) is 14.2 Å². The van der Waals surface area contributed by atoms with Crippen LogP contribution in [0.1, 0.15) is 0 Å². The average Bonchev–Trinajstić information content (AvgIpc) is 2.17. The van der Waals surface area contributed by atoms with Gasteiger partial charge in [-0.05, 0) is 0 Å².